The second-order valence-electron chi connectivity index (χ2n) is 4.92. The van der Waals surface area contributed by atoms with Crippen molar-refractivity contribution in [1.82, 2.24) is 10.3 Å². The number of amides is 1. The summed E-state index contributed by atoms with van der Waals surface area (Å²) in [4.78, 5) is 16.3. The summed E-state index contributed by atoms with van der Waals surface area (Å²) in [5, 5.41) is 6.12. The molecule has 110 valence electrons. The van der Waals surface area contributed by atoms with Gasteiger partial charge in [0.15, 0.2) is 0 Å². The van der Waals surface area contributed by atoms with Gasteiger partial charge < -0.3 is 10.6 Å². The third kappa shape index (κ3) is 3.95. The normalized spacial score (nSPS) is 11.8. The number of aromatic nitrogens is 1. The van der Waals surface area contributed by atoms with E-state index < -0.39 is 0 Å². The first kappa shape index (κ1) is 15.3. The zero-order valence-corrected chi connectivity index (χ0v) is 13.0. The fraction of sp³-hybridized carbons (Fsp3) is 0.250. The van der Waals surface area contributed by atoms with Gasteiger partial charge in [0.1, 0.15) is 11.0 Å². The van der Waals surface area contributed by atoms with E-state index in [-0.39, 0.29) is 17.1 Å². The molecule has 0 fully saturated rings. The van der Waals surface area contributed by atoms with Crippen LogP contribution in [0.3, 0.4) is 0 Å². The molecule has 4 nitrogen and oxygen atoms in total. The van der Waals surface area contributed by atoms with Crippen molar-refractivity contribution in [2.75, 3.05) is 12.4 Å². The summed E-state index contributed by atoms with van der Waals surface area (Å²) < 4.78 is 0. The molecule has 21 heavy (non-hydrogen) atoms. The van der Waals surface area contributed by atoms with E-state index in [2.05, 4.69) is 15.6 Å². The number of rotatable bonds is 4. The molecular weight excluding hydrogens is 286 g/mol. The van der Waals surface area contributed by atoms with Crippen LogP contribution in [0.2, 0.25) is 5.15 Å². The highest BCUT2D eigenvalue weighted by Crippen LogP contribution is 2.17. The lowest BCUT2D eigenvalue weighted by molar-refractivity contribution is 0.0940. The van der Waals surface area contributed by atoms with E-state index in [1.807, 2.05) is 38.1 Å². The number of halogens is 1. The standard InChI is InChI=1S/C16H18ClN3O/c1-10-4-6-12(7-5-10)11(2)19-16(21)13-8-14(17)20-15(9-13)18-3/h4-9,11H,1-3H3,(H,18,20)(H,19,21). The number of hydrogen-bond donors (Lipinski definition) is 2. The molecule has 2 aromatic rings. The van der Waals surface area contributed by atoms with Gasteiger partial charge in [0.2, 0.25) is 0 Å². The number of pyridine rings is 1. The molecule has 2 rings (SSSR count). The SMILES string of the molecule is CNc1cc(C(=O)NC(C)c2ccc(C)cc2)cc(Cl)n1. The van der Waals surface area contributed by atoms with Crippen LogP contribution in [0.1, 0.15) is 34.5 Å². The largest absolute Gasteiger partial charge is 0.373 e. The number of nitrogens with zero attached hydrogens (tertiary/aromatic N) is 1. The molecule has 1 amide bonds. The molecule has 1 atom stereocenters. The molecule has 0 saturated heterocycles. The van der Waals surface area contributed by atoms with Gasteiger partial charge in [0.25, 0.3) is 5.91 Å². The Morgan fingerprint density at radius 2 is 1.90 bits per heavy atom. The van der Waals surface area contributed by atoms with Gasteiger partial charge in [-0.25, -0.2) is 4.98 Å². The van der Waals surface area contributed by atoms with Crippen LogP contribution in [0, 0.1) is 6.92 Å². The van der Waals surface area contributed by atoms with Crippen molar-refractivity contribution in [3.63, 3.8) is 0 Å². The zero-order chi connectivity index (χ0) is 15.4. The molecular formula is C16H18ClN3O. The number of hydrogen-bond acceptors (Lipinski definition) is 3. The summed E-state index contributed by atoms with van der Waals surface area (Å²) in [6, 6.07) is 11.2. The Morgan fingerprint density at radius 1 is 1.24 bits per heavy atom. The lowest BCUT2D eigenvalue weighted by atomic mass is 10.1. The Morgan fingerprint density at radius 3 is 2.52 bits per heavy atom. The fourth-order valence-corrected chi connectivity index (χ4v) is 2.18. The number of anilines is 1. The highest BCUT2D eigenvalue weighted by atomic mass is 35.5. The van der Waals surface area contributed by atoms with Crippen molar-refractivity contribution in [2.45, 2.75) is 19.9 Å². The van der Waals surface area contributed by atoms with Crippen LogP contribution in [-0.4, -0.2) is 17.9 Å². The van der Waals surface area contributed by atoms with Crippen molar-refractivity contribution in [1.29, 1.82) is 0 Å². The van der Waals surface area contributed by atoms with Crippen molar-refractivity contribution in [2.24, 2.45) is 0 Å². The van der Waals surface area contributed by atoms with Crippen molar-refractivity contribution in [3.05, 3.63) is 58.2 Å². The number of carbonyl (C=O) groups is 1. The van der Waals surface area contributed by atoms with Crippen LogP contribution in [0.25, 0.3) is 0 Å². The van der Waals surface area contributed by atoms with E-state index in [0.717, 1.165) is 5.56 Å². The minimum absolute atomic E-state index is 0.0805. The molecule has 0 radical (unpaired) electrons. The van der Waals surface area contributed by atoms with Crippen LogP contribution in [-0.2, 0) is 0 Å². The highest BCUT2D eigenvalue weighted by molar-refractivity contribution is 6.29. The number of carbonyl (C=O) groups excluding carboxylic acids is 1. The Bertz CT molecular complexity index is 640. The first-order valence-corrected chi connectivity index (χ1v) is 7.10. The highest BCUT2D eigenvalue weighted by Gasteiger charge is 2.13. The van der Waals surface area contributed by atoms with Gasteiger partial charge in [-0.15, -0.1) is 0 Å². The van der Waals surface area contributed by atoms with E-state index in [1.54, 1.807) is 19.2 Å². The molecule has 0 aliphatic rings. The average molecular weight is 304 g/mol. The second kappa shape index (κ2) is 6.59. The maximum atomic E-state index is 12.3. The lowest BCUT2D eigenvalue weighted by Crippen LogP contribution is -2.26. The first-order valence-electron chi connectivity index (χ1n) is 6.72. The van der Waals surface area contributed by atoms with Crippen molar-refractivity contribution in [3.8, 4) is 0 Å². The average Bonchev–Trinajstić information content (AvgIpc) is 2.47. The maximum Gasteiger partial charge on any atom is 0.251 e. The van der Waals surface area contributed by atoms with Crippen molar-refractivity contribution < 1.29 is 4.79 Å². The Balaban J connectivity index is 2.13. The van der Waals surface area contributed by atoms with E-state index in [9.17, 15) is 4.79 Å². The van der Waals surface area contributed by atoms with Crippen LogP contribution in [0.5, 0.6) is 0 Å². The van der Waals surface area contributed by atoms with E-state index in [4.69, 9.17) is 11.6 Å². The van der Waals surface area contributed by atoms with Gasteiger partial charge in [-0.3, -0.25) is 4.79 Å². The number of nitrogens with one attached hydrogen (secondary N) is 2. The number of aryl methyl sites for hydroxylation is 1. The molecule has 1 aromatic carbocycles. The van der Waals surface area contributed by atoms with E-state index >= 15 is 0 Å². The van der Waals surface area contributed by atoms with Crippen LogP contribution >= 0.6 is 11.6 Å². The first-order chi connectivity index (χ1) is 9.99. The smallest absolute Gasteiger partial charge is 0.251 e. The minimum Gasteiger partial charge on any atom is -0.373 e. The molecule has 2 N–H and O–H groups in total. The lowest BCUT2D eigenvalue weighted by Gasteiger charge is -2.15. The summed E-state index contributed by atoms with van der Waals surface area (Å²) >= 11 is 5.91. The predicted octanol–water partition coefficient (Wildman–Crippen LogP) is 3.58. The quantitative estimate of drug-likeness (QED) is 0.849. The maximum absolute atomic E-state index is 12.3. The summed E-state index contributed by atoms with van der Waals surface area (Å²) in [6.07, 6.45) is 0. The Kier molecular flexibility index (Phi) is 4.81. The summed E-state index contributed by atoms with van der Waals surface area (Å²) in [6.45, 7) is 3.98. The number of benzene rings is 1. The molecule has 0 saturated carbocycles. The predicted molar refractivity (Wildman–Crippen MR) is 85.9 cm³/mol. The Hall–Kier alpha value is -2.07. The molecule has 5 heteroatoms. The summed E-state index contributed by atoms with van der Waals surface area (Å²) in [7, 11) is 1.73. The third-order valence-corrected chi connectivity index (χ3v) is 3.43. The van der Waals surface area contributed by atoms with Crippen LogP contribution < -0.4 is 10.6 Å². The molecule has 1 aromatic heterocycles. The molecule has 1 heterocycles. The summed E-state index contributed by atoms with van der Waals surface area (Å²) in [5.74, 6) is 0.388. The molecule has 0 aliphatic heterocycles. The van der Waals surface area contributed by atoms with Gasteiger partial charge in [0.05, 0.1) is 6.04 Å². The Labute approximate surface area is 129 Å². The molecule has 0 spiro atoms. The second-order valence-corrected chi connectivity index (χ2v) is 5.31. The molecule has 0 aliphatic carbocycles. The zero-order valence-electron chi connectivity index (χ0n) is 12.3. The van der Waals surface area contributed by atoms with Gasteiger partial charge >= 0.3 is 0 Å². The summed E-state index contributed by atoms with van der Waals surface area (Å²) in [5.41, 5.74) is 2.73. The third-order valence-electron chi connectivity index (χ3n) is 3.24. The van der Waals surface area contributed by atoms with Crippen molar-refractivity contribution >= 4 is 23.3 Å². The molecule has 1 unspecified atom stereocenters. The van der Waals surface area contributed by atoms with Crippen LogP contribution in [0.4, 0.5) is 5.82 Å². The molecule has 0 bridgehead atoms. The topological polar surface area (TPSA) is 54.0 Å². The van der Waals surface area contributed by atoms with Gasteiger partial charge in [-0.05, 0) is 31.5 Å². The fourth-order valence-electron chi connectivity index (χ4n) is 1.97. The van der Waals surface area contributed by atoms with Gasteiger partial charge in [0, 0.05) is 12.6 Å². The minimum atomic E-state index is -0.177. The van der Waals surface area contributed by atoms with Gasteiger partial charge in [-0.2, -0.15) is 0 Å². The van der Waals surface area contributed by atoms with E-state index in [1.165, 1.54) is 5.56 Å². The van der Waals surface area contributed by atoms with Gasteiger partial charge in [-0.1, -0.05) is 41.4 Å². The van der Waals surface area contributed by atoms with Crippen LogP contribution in [0.15, 0.2) is 36.4 Å². The monoisotopic (exact) mass is 303 g/mol. The van der Waals surface area contributed by atoms with E-state index in [0.29, 0.717) is 11.4 Å².